The maximum Gasteiger partial charge on any atom is 0.325 e. The Labute approximate surface area is 129 Å². The van der Waals surface area contributed by atoms with E-state index in [0.29, 0.717) is 17.2 Å². The molecule has 0 saturated carbocycles. The van der Waals surface area contributed by atoms with Crippen molar-refractivity contribution in [1.29, 1.82) is 0 Å². The summed E-state index contributed by atoms with van der Waals surface area (Å²) in [5.41, 5.74) is 0.522. The van der Waals surface area contributed by atoms with Crippen LogP contribution in [0.25, 0.3) is 0 Å². The number of imide groups is 1. The number of anilines is 1. The van der Waals surface area contributed by atoms with Crippen LogP contribution in [0, 0.1) is 5.92 Å². The van der Waals surface area contributed by atoms with Gasteiger partial charge in [0, 0.05) is 17.7 Å². The summed E-state index contributed by atoms with van der Waals surface area (Å²) in [6.45, 7) is 1.60. The third-order valence-corrected chi connectivity index (χ3v) is 3.59. The van der Waals surface area contributed by atoms with Crippen molar-refractivity contribution in [3.8, 4) is 11.5 Å². The highest BCUT2D eigenvalue weighted by Gasteiger charge is 2.22. The van der Waals surface area contributed by atoms with E-state index < -0.39 is 6.03 Å². The Bertz CT molecular complexity index is 542. The van der Waals surface area contributed by atoms with Gasteiger partial charge in [0.05, 0.1) is 14.2 Å². The second-order valence-corrected chi connectivity index (χ2v) is 5.04. The van der Waals surface area contributed by atoms with Gasteiger partial charge in [0.1, 0.15) is 0 Å². The molecule has 0 atom stereocenters. The molecule has 2 rings (SSSR count). The molecule has 0 spiro atoms. The number of urea groups is 1. The van der Waals surface area contributed by atoms with Gasteiger partial charge in [0.15, 0.2) is 11.5 Å². The maximum absolute atomic E-state index is 12.0. The zero-order valence-electron chi connectivity index (χ0n) is 12.8. The Morgan fingerprint density at radius 3 is 2.45 bits per heavy atom. The quantitative estimate of drug-likeness (QED) is 0.781. The first-order valence-electron chi connectivity index (χ1n) is 7.18. The van der Waals surface area contributed by atoms with Crippen molar-refractivity contribution in [3.05, 3.63) is 18.2 Å². The molecule has 0 unspecified atom stereocenters. The van der Waals surface area contributed by atoms with Crippen molar-refractivity contribution in [2.24, 2.45) is 5.92 Å². The van der Waals surface area contributed by atoms with Gasteiger partial charge in [-0.2, -0.15) is 0 Å². The predicted molar refractivity (Wildman–Crippen MR) is 82.3 cm³/mol. The second-order valence-electron chi connectivity index (χ2n) is 5.04. The third-order valence-electron chi connectivity index (χ3n) is 3.59. The minimum absolute atomic E-state index is 0.114. The molecule has 0 aliphatic carbocycles. The van der Waals surface area contributed by atoms with Crippen LogP contribution in [0.15, 0.2) is 18.2 Å². The summed E-state index contributed by atoms with van der Waals surface area (Å²) < 4.78 is 10.3. The number of hydrogen-bond donors (Lipinski definition) is 3. The van der Waals surface area contributed by atoms with Gasteiger partial charge in [-0.3, -0.25) is 10.1 Å². The first-order chi connectivity index (χ1) is 10.6. The van der Waals surface area contributed by atoms with E-state index in [-0.39, 0.29) is 11.8 Å². The van der Waals surface area contributed by atoms with Crippen LogP contribution in [0.4, 0.5) is 10.5 Å². The summed E-state index contributed by atoms with van der Waals surface area (Å²) in [6.07, 6.45) is 1.49. The molecule has 22 heavy (non-hydrogen) atoms. The smallest absolute Gasteiger partial charge is 0.325 e. The van der Waals surface area contributed by atoms with Gasteiger partial charge >= 0.3 is 6.03 Å². The molecule has 1 saturated heterocycles. The van der Waals surface area contributed by atoms with Crippen LogP contribution in [0.3, 0.4) is 0 Å². The van der Waals surface area contributed by atoms with Gasteiger partial charge in [0.2, 0.25) is 5.91 Å². The first kappa shape index (κ1) is 16.1. The van der Waals surface area contributed by atoms with Gasteiger partial charge in [-0.15, -0.1) is 0 Å². The molecule has 1 heterocycles. The van der Waals surface area contributed by atoms with Gasteiger partial charge < -0.3 is 20.1 Å². The summed E-state index contributed by atoms with van der Waals surface area (Å²) in [7, 11) is 3.05. The summed E-state index contributed by atoms with van der Waals surface area (Å²) in [6, 6.07) is 4.45. The molecule has 0 bridgehead atoms. The Morgan fingerprint density at radius 1 is 1.14 bits per heavy atom. The second kappa shape index (κ2) is 7.65. The van der Waals surface area contributed by atoms with Crippen LogP contribution < -0.4 is 25.4 Å². The number of rotatable bonds is 4. The average Bonchev–Trinajstić information content (AvgIpc) is 2.55. The number of nitrogens with one attached hydrogen (secondary N) is 3. The number of benzene rings is 1. The van der Waals surface area contributed by atoms with E-state index >= 15 is 0 Å². The number of piperidine rings is 1. The lowest BCUT2D eigenvalue weighted by atomic mass is 9.97. The van der Waals surface area contributed by atoms with Gasteiger partial charge in [-0.05, 0) is 38.1 Å². The standard InChI is InChI=1S/C15H21N3O4/c1-21-12-4-3-11(9-13(12)22-2)17-15(20)18-14(19)10-5-7-16-8-6-10/h3-4,9-10,16H,5-8H2,1-2H3,(H2,17,18,19,20). The maximum atomic E-state index is 12.0. The Morgan fingerprint density at radius 2 is 1.82 bits per heavy atom. The molecule has 1 aliphatic rings. The van der Waals surface area contributed by atoms with Crippen LogP contribution in [0.1, 0.15) is 12.8 Å². The largest absolute Gasteiger partial charge is 0.493 e. The number of amides is 3. The van der Waals surface area contributed by atoms with E-state index in [1.54, 1.807) is 18.2 Å². The molecule has 3 amide bonds. The van der Waals surface area contributed by atoms with Crippen molar-refractivity contribution >= 4 is 17.6 Å². The normalized spacial score (nSPS) is 15.0. The highest BCUT2D eigenvalue weighted by atomic mass is 16.5. The highest BCUT2D eigenvalue weighted by Crippen LogP contribution is 2.29. The Balaban J connectivity index is 1.92. The molecule has 0 aromatic heterocycles. The number of carbonyl (C=O) groups excluding carboxylic acids is 2. The molecule has 120 valence electrons. The molecule has 3 N–H and O–H groups in total. The summed E-state index contributed by atoms with van der Waals surface area (Å²) in [5.74, 6) is 0.723. The SMILES string of the molecule is COc1ccc(NC(=O)NC(=O)C2CCNCC2)cc1OC. The lowest BCUT2D eigenvalue weighted by Crippen LogP contribution is -2.42. The van der Waals surface area contributed by atoms with Crippen LogP contribution in [0.2, 0.25) is 0 Å². The lowest BCUT2D eigenvalue weighted by Gasteiger charge is -2.21. The number of hydrogen-bond acceptors (Lipinski definition) is 5. The lowest BCUT2D eigenvalue weighted by molar-refractivity contribution is -0.124. The van der Waals surface area contributed by atoms with E-state index in [4.69, 9.17) is 9.47 Å². The number of methoxy groups -OCH3 is 2. The van der Waals surface area contributed by atoms with Gasteiger partial charge in [-0.1, -0.05) is 0 Å². The molecule has 7 nitrogen and oxygen atoms in total. The zero-order chi connectivity index (χ0) is 15.9. The monoisotopic (exact) mass is 307 g/mol. The summed E-state index contributed by atoms with van der Waals surface area (Å²) in [5, 5.41) is 8.17. The minimum Gasteiger partial charge on any atom is -0.493 e. The third kappa shape index (κ3) is 4.11. The fraction of sp³-hybridized carbons (Fsp3) is 0.467. The molecule has 0 radical (unpaired) electrons. The van der Waals surface area contributed by atoms with E-state index in [9.17, 15) is 9.59 Å². The molecular weight excluding hydrogens is 286 g/mol. The number of carbonyl (C=O) groups is 2. The fourth-order valence-corrected chi connectivity index (χ4v) is 2.37. The molecule has 1 fully saturated rings. The van der Waals surface area contributed by atoms with E-state index in [1.165, 1.54) is 14.2 Å². The van der Waals surface area contributed by atoms with Crippen molar-refractivity contribution in [2.75, 3.05) is 32.6 Å². The van der Waals surface area contributed by atoms with Crippen LogP contribution in [-0.2, 0) is 4.79 Å². The highest BCUT2D eigenvalue weighted by molar-refractivity contribution is 6.02. The predicted octanol–water partition coefficient (Wildman–Crippen LogP) is 1.35. The van der Waals surface area contributed by atoms with Crippen molar-refractivity contribution in [1.82, 2.24) is 10.6 Å². The minimum atomic E-state index is -0.546. The Kier molecular flexibility index (Phi) is 5.60. The van der Waals surface area contributed by atoms with E-state index in [0.717, 1.165) is 25.9 Å². The van der Waals surface area contributed by atoms with Gasteiger partial charge in [0.25, 0.3) is 0 Å². The van der Waals surface area contributed by atoms with E-state index in [1.807, 2.05) is 0 Å². The summed E-state index contributed by atoms with van der Waals surface area (Å²) >= 11 is 0. The summed E-state index contributed by atoms with van der Waals surface area (Å²) in [4.78, 5) is 23.9. The number of ether oxygens (including phenoxy) is 2. The van der Waals surface area contributed by atoms with E-state index in [2.05, 4.69) is 16.0 Å². The van der Waals surface area contributed by atoms with Crippen LogP contribution >= 0.6 is 0 Å². The molecular formula is C15H21N3O4. The first-order valence-corrected chi connectivity index (χ1v) is 7.18. The van der Waals surface area contributed by atoms with Gasteiger partial charge in [-0.25, -0.2) is 4.79 Å². The molecule has 1 aromatic rings. The van der Waals surface area contributed by atoms with Crippen molar-refractivity contribution in [2.45, 2.75) is 12.8 Å². The van der Waals surface area contributed by atoms with Crippen LogP contribution in [-0.4, -0.2) is 39.2 Å². The molecule has 1 aliphatic heterocycles. The Hall–Kier alpha value is -2.28. The topological polar surface area (TPSA) is 88.7 Å². The molecule has 1 aromatic carbocycles. The van der Waals surface area contributed by atoms with Crippen molar-refractivity contribution in [3.63, 3.8) is 0 Å². The molecule has 7 heteroatoms. The van der Waals surface area contributed by atoms with Crippen molar-refractivity contribution < 1.29 is 19.1 Å². The fourth-order valence-electron chi connectivity index (χ4n) is 2.37. The van der Waals surface area contributed by atoms with Crippen LogP contribution in [0.5, 0.6) is 11.5 Å². The average molecular weight is 307 g/mol. The zero-order valence-corrected chi connectivity index (χ0v) is 12.8.